The Bertz CT molecular complexity index is 729. The van der Waals surface area contributed by atoms with Gasteiger partial charge in [-0.3, -0.25) is 9.25 Å². The van der Waals surface area contributed by atoms with Crippen LogP contribution in [0.4, 0.5) is 0 Å². The number of carbonyl (C=O) groups is 1. The average molecular weight is 243 g/mol. The first-order valence-electron chi connectivity index (χ1n) is 5.21. The SMILES string of the molecule is Cn1ncc2cc(-n3ccnc3)nc(C(=O)O)c21. The van der Waals surface area contributed by atoms with E-state index in [4.69, 9.17) is 0 Å². The Morgan fingerprint density at radius 3 is 2.94 bits per heavy atom. The molecule has 0 aliphatic carbocycles. The minimum Gasteiger partial charge on any atom is -0.476 e. The monoisotopic (exact) mass is 243 g/mol. The number of aromatic carboxylic acids is 1. The van der Waals surface area contributed by atoms with E-state index < -0.39 is 5.97 Å². The summed E-state index contributed by atoms with van der Waals surface area (Å²) in [5, 5.41) is 14.0. The maximum atomic E-state index is 11.3. The number of aryl methyl sites for hydroxylation is 1. The lowest BCUT2D eigenvalue weighted by Gasteiger charge is -2.05. The molecule has 1 N–H and O–H groups in total. The van der Waals surface area contributed by atoms with Crippen LogP contribution < -0.4 is 0 Å². The second-order valence-electron chi connectivity index (χ2n) is 3.81. The zero-order chi connectivity index (χ0) is 12.7. The zero-order valence-electron chi connectivity index (χ0n) is 9.48. The predicted octanol–water partition coefficient (Wildman–Crippen LogP) is 0.852. The van der Waals surface area contributed by atoms with E-state index >= 15 is 0 Å². The molecule has 0 aliphatic rings. The van der Waals surface area contributed by atoms with Crippen molar-refractivity contribution in [2.24, 2.45) is 7.05 Å². The molecule has 3 rings (SSSR count). The third-order valence-electron chi connectivity index (χ3n) is 2.67. The summed E-state index contributed by atoms with van der Waals surface area (Å²) in [7, 11) is 1.69. The minimum atomic E-state index is -1.08. The predicted molar refractivity (Wildman–Crippen MR) is 62.6 cm³/mol. The summed E-state index contributed by atoms with van der Waals surface area (Å²) in [5.41, 5.74) is 0.488. The fraction of sp³-hybridized carbons (Fsp3) is 0.0909. The minimum absolute atomic E-state index is 0.0174. The second-order valence-corrected chi connectivity index (χ2v) is 3.81. The number of fused-ring (bicyclic) bond motifs is 1. The molecule has 0 unspecified atom stereocenters. The summed E-state index contributed by atoms with van der Waals surface area (Å²) in [6.07, 6.45) is 6.49. The highest BCUT2D eigenvalue weighted by Gasteiger charge is 2.16. The number of nitrogens with zero attached hydrogens (tertiary/aromatic N) is 5. The summed E-state index contributed by atoms with van der Waals surface area (Å²) in [6.45, 7) is 0. The summed E-state index contributed by atoms with van der Waals surface area (Å²) in [5.74, 6) is -0.573. The largest absolute Gasteiger partial charge is 0.476 e. The van der Waals surface area contributed by atoms with E-state index in [9.17, 15) is 9.90 Å². The zero-order valence-corrected chi connectivity index (χ0v) is 9.48. The lowest BCUT2D eigenvalue weighted by molar-refractivity contribution is 0.0692. The molecule has 0 fully saturated rings. The molecule has 0 spiro atoms. The molecule has 3 heterocycles. The van der Waals surface area contributed by atoms with Gasteiger partial charge in [0.25, 0.3) is 0 Å². The topological polar surface area (TPSA) is 85.8 Å². The molecule has 3 aromatic heterocycles. The Balaban J connectivity index is 2.34. The van der Waals surface area contributed by atoms with Crippen molar-refractivity contribution in [1.82, 2.24) is 24.3 Å². The molecule has 90 valence electrons. The number of imidazole rings is 1. The van der Waals surface area contributed by atoms with Gasteiger partial charge in [0.1, 0.15) is 17.7 Å². The quantitative estimate of drug-likeness (QED) is 0.721. The first-order chi connectivity index (χ1) is 8.66. The Kier molecular flexibility index (Phi) is 2.12. The van der Waals surface area contributed by atoms with Gasteiger partial charge >= 0.3 is 5.97 Å². The highest BCUT2D eigenvalue weighted by molar-refractivity contribution is 6.00. The van der Waals surface area contributed by atoms with Crippen LogP contribution in [0.1, 0.15) is 10.5 Å². The Hall–Kier alpha value is -2.70. The first-order valence-corrected chi connectivity index (χ1v) is 5.21. The normalized spacial score (nSPS) is 10.9. The standard InChI is InChI=1S/C11H9N5O2/c1-15-10-7(5-13-15)4-8(14-9(10)11(17)18)16-3-2-12-6-16/h2-6H,1H3,(H,17,18). The maximum Gasteiger partial charge on any atom is 0.356 e. The number of carboxylic acid groups (broad SMARTS) is 1. The molecule has 0 atom stereocenters. The van der Waals surface area contributed by atoms with Crippen molar-refractivity contribution in [1.29, 1.82) is 0 Å². The van der Waals surface area contributed by atoms with Crippen LogP contribution in [0.3, 0.4) is 0 Å². The summed E-state index contributed by atoms with van der Waals surface area (Å²) >= 11 is 0. The number of hydrogen-bond donors (Lipinski definition) is 1. The first kappa shape index (κ1) is 10.5. The van der Waals surface area contributed by atoms with Crippen LogP contribution in [0.5, 0.6) is 0 Å². The van der Waals surface area contributed by atoms with Gasteiger partial charge in [-0.15, -0.1) is 0 Å². The van der Waals surface area contributed by atoms with Crippen molar-refractivity contribution in [3.63, 3.8) is 0 Å². The molecule has 0 bridgehead atoms. The molecule has 0 saturated carbocycles. The van der Waals surface area contributed by atoms with Crippen LogP contribution in [-0.4, -0.2) is 35.4 Å². The maximum absolute atomic E-state index is 11.3. The fourth-order valence-electron chi connectivity index (χ4n) is 1.87. The van der Waals surface area contributed by atoms with E-state index in [0.717, 1.165) is 5.39 Å². The van der Waals surface area contributed by atoms with Gasteiger partial charge in [0.2, 0.25) is 0 Å². The lowest BCUT2D eigenvalue weighted by atomic mass is 10.2. The highest BCUT2D eigenvalue weighted by atomic mass is 16.4. The molecular formula is C11H9N5O2. The Labute approximate surface area is 101 Å². The van der Waals surface area contributed by atoms with Gasteiger partial charge in [-0.05, 0) is 6.07 Å². The van der Waals surface area contributed by atoms with Gasteiger partial charge in [0.15, 0.2) is 5.69 Å². The van der Waals surface area contributed by atoms with E-state index in [0.29, 0.717) is 11.3 Å². The van der Waals surface area contributed by atoms with E-state index in [-0.39, 0.29) is 5.69 Å². The van der Waals surface area contributed by atoms with Gasteiger partial charge in [-0.1, -0.05) is 0 Å². The molecule has 7 heteroatoms. The highest BCUT2D eigenvalue weighted by Crippen LogP contribution is 2.19. The number of carboxylic acids is 1. The Morgan fingerprint density at radius 2 is 2.28 bits per heavy atom. The van der Waals surface area contributed by atoms with E-state index in [1.165, 1.54) is 4.68 Å². The van der Waals surface area contributed by atoms with Gasteiger partial charge in [-0.25, -0.2) is 14.8 Å². The van der Waals surface area contributed by atoms with Gasteiger partial charge in [0, 0.05) is 24.8 Å². The summed E-state index contributed by atoms with van der Waals surface area (Å²) in [6, 6.07) is 1.77. The number of hydrogen-bond acceptors (Lipinski definition) is 4. The van der Waals surface area contributed by atoms with E-state index in [2.05, 4.69) is 15.1 Å². The number of pyridine rings is 1. The van der Waals surface area contributed by atoms with Crippen LogP contribution in [0.2, 0.25) is 0 Å². The molecule has 0 amide bonds. The van der Waals surface area contributed by atoms with Crippen molar-refractivity contribution in [2.75, 3.05) is 0 Å². The fourth-order valence-corrected chi connectivity index (χ4v) is 1.87. The number of rotatable bonds is 2. The average Bonchev–Trinajstić information content (AvgIpc) is 2.98. The molecule has 7 nitrogen and oxygen atoms in total. The molecule has 3 aromatic rings. The van der Waals surface area contributed by atoms with E-state index in [1.54, 1.807) is 42.6 Å². The number of aromatic nitrogens is 5. The van der Waals surface area contributed by atoms with Crippen LogP contribution in [0.15, 0.2) is 31.0 Å². The van der Waals surface area contributed by atoms with E-state index in [1.807, 2.05) is 0 Å². The molecule has 0 saturated heterocycles. The summed E-state index contributed by atoms with van der Waals surface area (Å²) in [4.78, 5) is 19.3. The summed E-state index contributed by atoms with van der Waals surface area (Å²) < 4.78 is 3.16. The third kappa shape index (κ3) is 1.45. The van der Waals surface area contributed by atoms with Gasteiger partial charge in [-0.2, -0.15) is 5.10 Å². The van der Waals surface area contributed by atoms with Crippen LogP contribution >= 0.6 is 0 Å². The van der Waals surface area contributed by atoms with Crippen molar-refractivity contribution >= 4 is 16.9 Å². The van der Waals surface area contributed by atoms with Crippen LogP contribution in [0.25, 0.3) is 16.7 Å². The van der Waals surface area contributed by atoms with Crippen LogP contribution in [0, 0.1) is 0 Å². The van der Waals surface area contributed by atoms with Crippen LogP contribution in [-0.2, 0) is 7.05 Å². The Morgan fingerprint density at radius 1 is 1.44 bits per heavy atom. The smallest absolute Gasteiger partial charge is 0.356 e. The molecule has 0 aromatic carbocycles. The van der Waals surface area contributed by atoms with Gasteiger partial charge in [0.05, 0.1) is 6.20 Å². The van der Waals surface area contributed by atoms with Crippen molar-refractivity contribution in [2.45, 2.75) is 0 Å². The molecule has 18 heavy (non-hydrogen) atoms. The second kappa shape index (κ2) is 3.66. The molecule has 0 aliphatic heterocycles. The van der Waals surface area contributed by atoms with Crippen molar-refractivity contribution < 1.29 is 9.90 Å². The lowest BCUT2D eigenvalue weighted by Crippen LogP contribution is -2.07. The van der Waals surface area contributed by atoms with Crippen molar-refractivity contribution in [3.05, 3.63) is 36.7 Å². The van der Waals surface area contributed by atoms with Gasteiger partial charge < -0.3 is 5.11 Å². The molecule has 0 radical (unpaired) electrons. The molecular weight excluding hydrogens is 234 g/mol. The third-order valence-corrected chi connectivity index (χ3v) is 2.67. The van der Waals surface area contributed by atoms with Crippen molar-refractivity contribution in [3.8, 4) is 5.82 Å².